The summed E-state index contributed by atoms with van der Waals surface area (Å²) in [5.41, 5.74) is 8.25. The summed E-state index contributed by atoms with van der Waals surface area (Å²) in [5, 5.41) is 4.36. The van der Waals surface area contributed by atoms with E-state index >= 15 is 0 Å². The van der Waals surface area contributed by atoms with Crippen molar-refractivity contribution < 1.29 is 8.95 Å². The lowest BCUT2D eigenvalue weighted by molar-refractivity contribution is 0.404. The smallest absolute Gasteiger partial charge is 0.137 e. The number of ether oxygens (including phenoxy) is 1. The first-order valence-corrected chi connectivity index (χ1v) is 7.70. The summed E-state index contributed by atoms with van der Waals surface area (Å²) in [6, 6.07) is 7.16. The Morgan fingerprint density at radius 1 is 1.40 bits per heavy atom. The van der Waals surface area contributed by atoms with Gasteiger partial charge in [-0.3, -0.25) is 8.89 Å². The van der Waals surface area contributed by atoms with Gasteiger partial charge in [0.15, 0.2) is 0 Å². The number of nitrogens with zero attached hydrogens (tertiary/aromatic N) is 2. The molecule has 1 heterocycles. The topological polar surface area (TPSA) is 70.1 Å². The molecule has 0 spiro atoms. The second-order valence-electron chi connectivity index (χ2n) is 4.50. The Morgan fingerprint density at radius 2 is 2.15 bits per heavy atom. The third-order valence-corrected chi connectivity index (χ3v) is 4.49. The van der Waals surface area contributed by atoms with Gasteiger partial charge in [0.05, 0.1) is 39.9 Å². The predicted molar refractivity (Wildman–Crippen MR) is 80.1 cm³/mol. The molecule has 1 aromatic carbocycles. The van der Waals surface area contributed by atoms with Gasteiger partial charge in [-0.2, -0.15) is 5.10 Å². The van der Waals surface area contributed by atoms with Crippen molar-refractivity contribution in [2.45, 2.75) is 24.0 Å². The minimum absolute atomic E-state index is 0.407. The maximum absolute atomic E-state index is 12.5. The Balaban J connectivity index is 2.25. The molecule has 2 aromatic rings. The number of benzene rings is 1. The van der Waals surface area contributed by atoms with E-state index in [1.807, 2.05) is 20.0 Å². The number of aryl methyl sites for hydroxylation is 2. The number of anilines is 1. The lowest BCUT2D eigenvalue weighted by atomic mass is 10.3. The number of nitrogens with two attached hydrogens (primary N) is 1. The van der Waals surface area contributed by atoms with Gasteiger partial charge in [0.2, 0.25) is 0 Å². The van der Waals surface area contributed by atoms with Crippen molar-refractivity contribution in [1.82, 2.24) is 9.78 Å². The summed E-state index contributed by atoms with van der Waals surface area (Å²) in [4.78, 5) is 0.654. The molecule has 0 amide bonds. The molecule has 0 saturated carbocycles. The minimum atomic E-state index is -1.19. The molecule has 2 N–H and O–H groups in total. The van der Waals surface area contributed by atoms with Gasteiger partial charge in [-0.25, -0.2) is 0 Å². The summed E-state index contributed by atoms with van der Waals surface area (Å²) in [6.45, 7) is 2.05. The Labute approximate surface area is 121 Å². The molecule has 0 aliphatic heterocycles. The molecule has 0 aliphatic rings. The second kappa shape index (κ2) is 6.09. The molecule has 2 rings (SSSR count). The van der Waals surface area contributed by atoms with Crippen LogP contribution < -0.4 is 10.5 Å². The molecule has 1 aromatic heterocycles. The molecule has 0 aliphatic carbocycles. The maximum Gasteiger partial charge on any atom is 0.137 e. The van der Waals surface area contributed by atoms with Gasteiger partial charge in [-0.05, 0) is 24.6 Å². The van der Waals surface area contributed by atoms with Gasteiger partial charge < -0.3 is 10.5 Å². The van der Waals surface area contributed by atoms with Crippen LogP contribution >= 0.6 is 0 Å². The zero-order valence-corrected chi connectivity index (χ0v) is 12.7. The monoisotopic (exact) mass is 293 g/mol. The van der Waals surface area contributed by atoms with Crippen molar-refractivity contribution in [3.63, 3.8) is 0 Å². The van der Waals surface area contributed by atoms with Crippen LogP contribution in [0.25, 0.3) is 0 Å². The first-order valence-electron chi connectivity index (χ1n) is 6.38. The van der Waals surface area contributed by atoms with Gasteiger partial charge in [-0.1, -0.05) is 6.92 Å². The molecule has 5 nitrogen and oxygen atoms in total. The fraction of sp³-hybridized carbons (Fsp3) is 0.357. The fourth-order valence-electron chi connectivity index (χ4n) is 1.96. The van der Waals surface area contributed by atoms with Crippen LogP contribution in [0.4, 0.5) is 5.69 Å². The van der Waals surface area contributed by atoms with E-state index in [9.17, 15) is 4.21 Å². The maximum atomic E-state index is 12.5. The Morgan fingerprint density at radius 3 is 2.75 bits per heavy atom. The van der Waals surface area contributed by atoms with Crippen LogP contribution in [0, 0.1) is 0 Å². The molecular weight excluding hydrogens is 274 g/mol. The molecule has 0 saturated heterocycles. The molecule has 0 bridgehead atoms. The van der Waals surface area contributed by atoms with Crippen molar-refractivity contribution in [1.29, 1.82) is 0 Å². The van der Waals surface area contributed by atoms with Crippen LogP contribution in [0.2, 0.25) is 0 Å². The van der Waals surface area contributed by atoms with Gasteiger partial charge >= 0.3 is 0 Å². The second-order valence-corrected chi connectivity index (χ2v) is 5.92. The highest BCUT2D eigenvalue weighted by atomic mass is 32.2. The SMILES string of the molecule is CCc1cc(CS(=O)c2ccc(N)cc2OC)n(C)n1. The molecule has 0 fully saturated rings. The van der Waals surface area contributed by atoms with Crippen molar-refractivity contribution >= 4 is 16.5 Å². The van der Waals surface area contributed by atoms with E-state index in [0.29, 0.717) is 22.1 Å². The lowest BCUT2D eigenvalue weighted by Gasteiger charge is -2.09. The fourth-order valence-corrected chi connectivity index (χ4v) is 3.24. The summed E-state index contributed by atoms with van der Waals surface area (Å²) in [5.74, 6) is 0.963. The third kappa shape index (κ3) is 3.01. The van der Waals surface area contributed by atoms with Gasteiger partial charge in [0, 0.05) is 18.8 Å². The first kappa shape index (κ1) is 14.6. The van der Waals surface area contributed by atoms with E-state index in [4.69, 9.17) is 10.5 Å². The van der Waals surface area contributed by atoms with Crippen LogP contribution in [0.1, 0.15) is 18.3 Å². The predicted octanol–water partition coefficient (Wildman–Crippen LogP) is 1.88. The van der Waals surface area contributed by atoms with Crippen LogP contribution in [-0.2, 0) is 30.0 Å². The van der Waals surface area contributed by atoms with Crippen molar-refractivity contribution in [3.05, 3.63) is 35.7 Å². The highest BCUT2D eigenvalue weighted by Gasteiger charge is 2.14. The Bertz CT molecular complexity index is 637. The van der Waals surface area contributed by atoms with E-state index in [0.717, 1.165) is 17.8 Å². The van der Waals surface area contributed by atoms with Gasteiger partial charge in [0.1, 0.15) is 5.75 Å². The average Bonchev–Trinajstić information content (AvgIpc) is 2.79. The zero-order chi connectivity index (χ0) is 14.7. The largest absolute Gasteiger partial charge is 0.495 e. The van der Waals surface area contributed by atoms with Crippen LogP contribution in [0.3, 0.4) is 0 Å². The number of methoxy groups -OCH3 is 1. The first-order chi connectivity index (χ1) is 9.55. The van der Waals surface area contributed by atoms with Crippen molar-refractivity contribution in [2.75, 3.05) is 12.8 Å². The van der Waals surface area contributed by atoms with Crippen molar-refractivity contribution in [3.8, 4) is 5.75 Å². The average molecular weight is 293 g/mol. The Kier molecular flexibility index (Phi) is 4.44. The van der Waals surface area contributed by atoms with E-state index in [-0.39, 0.29) is 0 Å². The molecular formula is C14H19N3O2S. The van der Waals surface area contributed by atoms with Gasteiger partial charge in [0.25, 0.3) is 0 Å². The lowest BCUT2D eigenvalue weighted by Crippen LogP contribution is -2.04. The van der Waals surface area contributed by atoms with E-state index in [1.54, 1.807) is 30.0 Å². The molecule has 1 atom stereocenters. The summed E-state index contributed by atoms with van der Waals surface area (Å²) in [7, 11) is 2.22. The number of aromatic nitrogens is 2. The van der Waals surface area contributed by atoms with E-state index < -0.39 is 10.8 Å². The molecule has 20 heavy (non-hydrogen) atoms. The van der Waals surface area contributed by atoms with Crippen LogP contribution in [-0.4, -0.2) is 21.1 Å². The number of nitrogen functional groups attached to an aromatic ring is 1. The summed E-state index contributed by atoms with van der Waals surface area (Å²) >= 11 is 0. The van der Waals surface area contributed by atoms with Crippen molar-refractivity contribution in [2.24, 2.45) is 7.05 Å². The molecule has 6 heteroatoms. The number of rotatable bonds is 5. The standard InChI is InChI=1S/C14H19N3O2S/c1-4-11-8-12(17(2)16-11)9-20(18)14-6-5-10(15)7-13(14)19-3/h5-8H,4,9,15H2,1-3H3. The van der Waals surface area contributed by atoms with Gasteiger partial charge in [-0.15, -0.1) is 0 Å². The number of hydrogen-bond donors (Lipinski definition) is 1. The molecule has 1 unspecified atom stereocenters. The zero-order valence-electron chi connectivity index (χ0n) is 11.9. The highest BCUT2D eigenvalue weighted by molar-refractivity contribution is 7.84. The number of hydrogen-bond acceptors (Lipinski definition) is 4. The summed E-state index contributed by atoms with van der Waals surface area (Å²) < 4.78 is 19.5. The van der Waals surface area contributed by atoms with Crippen LogP contribution in [0.15, 0.2) is 29.2 Å². The third-order valence-electron chi connectivity index (χ3n) is 3.10. The normalized spacial score (nSPS) is 12.3. The molecule has 0 radical (unpaired) electrons. The minimum Gasteiger partial charge on any atom is -0.495 e. The molecule has 108 valence electrons. The summed E-state index contributed by atoms with van der Waals surface area (Å²) in [6.07, 6.45) is 0.867. The highest BCUT2D eigenvalue weighted by Crippen LogP contribution is 2.26. The quantitative estimate of drug-likeness (QED) is 0.855. The van der Waals surface area contributed by atoms with E-state index in [2.05, 4.69) is 5.10 Å². The van der Waals surface area contributed by atoms with Crippen LogP contribution in [0.5, 0.6) is 5.75 Å². The Hall–Kier alpha value is -1.82. The van der Waals surface area contributed by atoms with E-state index in [1.165, 1.54) is 0 Å².